The minimum Gasteiger partial charge on any atom is -0.462 e. The highest BCUT2D eigenvalue weighted by Crippen LogP contribution is 2.54. The van der Waals surface area contributed by atoms with Crippen LogP contribution in [0.1, 0.15) is 25.0 Å². The van der Waals surface area contributed by atoms with Crippen molar-refractivity contribution in [3.8, 4) is 0 Å². The van der Waals surface area contributed by atoms with Gasteiger partial charge in [0.2, 0.25) is 11.8 Å². The molecule has 0 saturated heterocycles. The van der Waals surface area contributed by atoms with E-state index in [0.717, 1.165) is 0 Å². The fraction of sp³-hybridized carbons (Fsp3) is 0.208. The predicted octanol–water partition coefficient (Wildman–Crippen LogP) is 3.38. The number of esters is 2. The van der Waals surface area contributed by atoms with Gasteiger partial charge in [-0.05, 0) is 32.0 Å². The number of carbonyl (C=O) groups is 3. The Hall–Kier alpha value is -3.59. The largest absolute Gasteiger partial charge is 0.462 e. The first-order chi connectivity index (χ1) is 15.9. The Bertz CT molecular complexity index is 1220. The summed E-state index contributed by atoms with van der Waals surface area (Å²) in [6, 6.07) is 13.8. The molecule has 2 aliphatic heterocycles. The molecule has 0 bridgehead atoms. The molecule has 2 aromatic carbocycles. The molecular formula is C24H21BrN2O6. The van der Waals surface area contributed by atoms with Gasteiger partial charge in [-0.1, -0.05) is 46.3 Å². The fourth-order valence-electron chi connectivity index (χ4n) is 4.16. The van der Waals surface area contributed by atoms with Crippen molar-refractivity contribution in [2.24, 2.45) is 5.73 Å². The second-order valence-electron chi connectivity index (χ2n) is 7.25. The molecule has 2 aromatic rings. The summed E-state index contributed by atoms with van der Waals surface area (Å²) in [5.41, 5.74) is 5.17. The second-order valence-corrected chi connectivity index (χ2v) is 8.16. The Morgan fingerprint density at radius 2 is 1.67 bits per heavy atom. The highest BCUT2D eigenvalue weighted by atomic mass is 79.9. The Kier molecular flexibility index (Phi) is 5.99. The summed E-state index contributed by atoms with van der Waals surface area (Å²) < 4.78 is 17.1. The molecule has 0 radical (unpaired) electrons. The van der Waals surface area contributed by atoms with E-state index in [9.17, 15) is 14.4 Å². The third kappa shape index (κ3) is 3.48. The second kappa shape index (κ2) is 8.74. The van der Waals surface area contributed by atoms with Crippen molar-refractivity contribution in [3.63, 3.8) is 0 Å². The molecule has 8 nitrogen and oxygen atoms in total. The molecule has 0 fully saturated rings. The normalized spacial score (nSPS) is 19.2. The predicted molar refractivity (Wildman–Crippen MR) is 123 cm³/mol. The first-order valence-corrected chi connectivity index (χ1v) is 11.1. The lowest BCUT2D eigenvalue weighted by Crippen LogP contribution is -2.48. The fourth-order valence-corrected chi connectivity index (χ4v) is 4.52. The zero-order valence-electron chi connectivity index (χ0n) is 17.9. The van der Waals surface area contributed by atoms with E-state index in [2.05, 4.69) is 21.2 Å². The van der Waals surface area contributed by atoms with Crippen LogP contribution >= 0.6 is 15.9 Å². The van der Waals surface area contributed by atoms with Crippen molar-refractivity contribution < 1.29 is 28.6 Å². The lowest BCUT2D eigenvalue weighted by molar-refractivity contribution is -0.142. The molecule has 33 heavy (non-hydrogen) atoms. The van der Waals surface area contributed by atoms with Gasteiger partial charge in [0.05, 0.1) is 13.2 Å². The maximum Gasteiger partial charge on any atom is 0.341 e. The van der Waals surface area contributed by atoms with E-state index in [4.69, 9.17) is 19.9 Å². The lowest BCUT2D eigenvalue weighted by atomic mass is 9.67. The molecule has 0 unspecified atom stereocenters. The quantitative estimate of drug-likeness (QED) is 0.589. The van der Waals surface area contributed by atoms with E-state index in [1.165, 1.54) is 0 Å². The monoisotopic (exact) mass is 512 g/mol. The summed E-state index contributed by atoms with van der Waals surface area (Å²) in [5.74, 6) is -2.62. The third-order valence-electron chi connectivity index (χ3n) is 5.40. The number of anilines is 1. The van der Waals surface area contributed by atoms with Gasteiger partial charge in [0, 0.05) is 21.3 Å². The molecule has 0 aromatic heterocycles. The van der Waals surface area contributed by atoms with Crippen LogP contribution in [-0.2, 0) is 34.0 Å². The van der Waals surface area contributed by atoms with Crippen LogP contribution in [0.4, 0.5) is 5.69 Å². The molecule has 0 aliphatic carbocycles. The van der Waals surface area contributed by atoms with Gasteiger partial charge in [-0.3, -0.25) is 4.79 Å². The van der Waals surface area contributed by atoms with Crippen LogP contribution < -0.4 is 11.1 Å². The molecule has 2 aliphatic rings. The zero-order chi connectivity index (χ0) is 23.8. The van der Waals surface area contributed by atoms with Crippen LogP contribution in [0.5, 0.6) is 0 Å². The topological polar surface area (TPSA) is 117 Å². The summed E-state index contributed by atoms with van der Waals surface area (Å²) >= 11 is 3.42. The maximum absolute atomic E-state index is 13.8. The Balaban J connectivity index is 2.15. The van der Waals surface area contributed by atoms with Crippen LogP contribution in [0.25, 0.3) is 5.76 Å². The van der Waals surface area contributed by atoms with Gasteiger partial charge in [0.1, 0.15) is 22.3 Å². The average molecular weight is 513 g/mol. The minimum atomic E-state index is -1.94. The highest BCUT2D eigenvalue weighted by molar-refractivity contribution is 9.10. The van der Waals surface area contributed by atoms with E-state index in [-0.39, 0.29) is 36.0 Å². The van der Waals surface area contributed by atoms with Crippen LogP contribution in [0.3, 0.4) is 0 Å². The van der Waals surface area contributed by atoms with Gasteiger partial charge in [-0.2, -0.15) is 0 Å². The zero-order valence-corrected chi connectivity index (χ0v) is 19.5. The van der Waals surface area contributed by atoms with Gasteiger partial charge in [0.25, 0.3) is 0 Å². The number of carbonyl (C=O) groups excluding carboxylic acids is 3. The number of nitrogens with one attached hydrogen (secondary N) is 1. The third-order valence-corrected chi connectivity index (χ3v) is 5.90. The van der Waals surface area contributed by atoms with Gasteiger partial charge in [-0.25, -0.2) is 9.59 Å². The van der Waals surface area contributed by atoms with Gasteiger partial charge >= 0.3 is 11.9 Å². The van der Waals surface area contributed by atoms with Crippen molar-refractivity contribution in [2.75, 3.05) is 18.5 Å². The van der Waals surface area contributed by atoms with Crippen LogP contribution in [0.2, 0.25) is 0 Å². The van der Waals surface area contributed by atoms with Gasteiger partial charge < -0.3 is 25.3 Å². The summed E-state index contributed by atoms with van der Waals surface area (Å²) in [5, 5.41) is 2.78. The molecule has 1 amide bonds. The van der Waals surface area contributed by atoms with E-state index in [1.54, 1.807) is 62.4 Å². The van der Waals surface area contributed by atoms with Crippen LogP contribution in [0, 0.1) is 0 Å². The number of rotatable bonds is 5. The first kappa shape index (κ1) is 22.6. The minimum absolute atomic E-state index is 0.0302. The number of nitrogens with two attached hydrogens (primary N) is 1. The van der Waals surface area contributed by atoms with Crippen molar-refractivity contribution >= 4 is 45.2 Å². The summed E-state index contributed by atoms with van der Waals surface area (Å²) in [6.45, 7) is 3.35. The van der Waals surface area contributed by atoms with Crippen molar-refractivity contribution in [2.45, 2.75) is 19.3 Å². The molecule has 3 N–H and O–H groups in total. The van der Waals surface area contributed by atoms with Gasteiger partial charge in [0.15, 0.2) is 0 Å². The molecule has 1 atom stereocenters. The number of amides is 1. The van der Waals surface area contributed by atoms with Crippen LogP contribution in [0.15, 0.2) is 70.0 Å². The van der Waals surface area contributed by atoms with E-state index < -0.39 is 23.3 Å². The molecule has 2 heterocycles. The average Bonchev–Trinajstić information content (AvgIpc) is 3.06. The summed E-state index contributed by atoms with van der Waals surface area (Å²) in [7, 11) is 0. The SMILES string of the molecule is CCOC(=O)C1=C(N)OC(c2ccccc2)=C(C(=O)OCC)[C@@]12C(=O)Nc1ccc(Br)cc12. The summed E-state index contributed by atoms with van der Waals surface area (Å²) in [4.78, 5) is 40.4. The standard InChI is InChI=1S/C24H21BrN2O6/c1-3-31-21(28)17-19(13-8-6-5-7-9-13)33-20(26)18(22(29)32-4-2)24(17)15-12-14(25)10-11-16(15)27-23(24)30/h5-12H,3-4,26H2,1-2H3,(H,27,30)/t24-/m1/s1. The number of fused-ring (bicyclic) bond motifs is 2. The highest BCUT2D eigenvalue weighted by Gasteiger charge is 2.62. The maximum atomic E-state index is 13.8. The Morgan fingerprint density at radius 3 is 2.30 bits per heavy atom. The Labute approximate surface area is 198 Å². The van der Waals surface area contributed by atoms with Crippen molar-refractivity contribution in [3.05, 3.63) is 81.2 Å². The van der Waals surface area contributed by atoms with Gasteiger partial charge in [-0.15, -0.1) is 0 Å². The first-order valence-electron chi connectivity index (χ1n) is 10.3. The van der Waals surface area contributed by atoms with Crippen molar-refractivity contribution in [1.29, 1.82) is 0 Å². The number of benzene rings is 2. The number of hydrogen-bond donors (Lipinski definition) is 2. The number of ether oxygens (including phenoxy) is 3. The summed E-state index contributed by atoms with van der Waals surface area (Å²) in [6.07, 6.45) is 0. The smallest absolute Gasteiger partial charge is 0.341 e. The number of hydrogen-bond acceptors (Lipinski definition) is 7. The van der Waals surface area contributed by atoms with E-state index in [0.29, 0.717) is 21.3 Å². The molecular weight excluding hydrogens is 492 g/mol. The molecule has 170 valence electrons. The molecule has 1 spiro atoms. The molecule has 4 rings (SSSR count). The Morgan fingerprint density at radius 1 is 1.03 bits per heavy atom. The van der Waals surface area contributed by atoms with Crippen molar-refractivity contribution in [1.82, 2.24) is 0 Å². The molecule has 9 heteroatoms. The van der Waals surface area contributed by atoms with Crippen LogP contribution in [-0.4, -0.2) is 31.1 Å². The lowest BCUT2D eigenvalue weighted by Gasteiger charge is -2.36. The number of halogens is 1. The van der Waals surface area contributed by atoms with E-state index >= 15 is 0 Å². The van der Waals surface area contributed by atoms with E-state index in [1.807, 2.05) is 0 Å². The molecule has 0 saturated carbocycles.